The van der Waals surface area contributed by atoms with E-state index in [1.165, 1.54) is 37.8 Å². The Morgan fingerprint density at radius 3 is 2.43 bits per heavy atom. The van der Waals surface area contributed by atoms with Gasteiger partial charge in [0, 0.05) is 42.1 Å². The van der Waals surface area contributed by atoms with Crippen molar-refractivity contribution < 1.29 is 0 Å². The number of nitrogens with zero attached hydrogens (tertiary/aromatic N) is 4. The first kappa shape index (κ1) is 25.0. The predicted octanol–water partition coefficient (Wildman–Crippen LogP) is 7.09. The van der Waals surface area contributed by atoms with Crippen LogP contribution >= 0.6 is 0 Å². The number of pyridine rings is 1. The van der Waals surface area contributed by atoms with E-state index in [0.717, 1.165) is 49.0 Å². The first-order valence-electron chi connectivity index (χ1n) is 13.8. The SMILES string of the molecule is CCCCCCC(c1ccccc1)n1c(=O)ccc2cnc(Nc3ccc(N4CCCCC4)cc3)nc21. The number of fused-ring (bicyclic) bond motifs is 1. The highest BCUT2D eigenvalue weighted by molar-refractivity contribution is 5.76. The minimum atomic E-state index is -0.0687. The Labute approximate surface area is 219 Å². The zero-order valence-corrected chi connectivity index (χ0v) is 21.8. The summed E-state index contributed by atoms with van der Waals surface area (Å²) in [6.07, 6.45) is 11.2. The van der Waals surface area contributed by atoms with Gasteiger partial charge < -0.3 is 10.2 Å². The number of nitrogens with one attached hydrogen (secondary N) is 1. The van der Waals surface area contributed by atoms with Crippen LogP contribution in [0.4, 0.5) is 17.3 Å². The Kier molecular flexibility index (Phi) is 8.14. The highest BCUT2D eigenvalue weighted by Crippen LogP contribution is 2.28. The summed E-state index contributed by atoms with van der Waals surface area (Å²) >= 11 is 0. The standard InChI is InChI=1S/C31H37N5O/c1-2-3-4-9-14-28(24-12-7-5-8-13-24)36-29(37)20-15-25-23-32-31(34-30(25)36)33-26-16-18-27(19-17-26)35-21-10-6-11-22-35/h5,7-8,12-13,15-20,23,28H,2-4,6,9-11,14,21-22H2,1H3,(H,32,33,34). The topological polar surface area (TPSA) is 63.1 Å². The lowest BCUT2D eigenvalue weighted by Crippen LogP contribution is -2.29. The average molecular weight is 496 g/mol. The minimum absolute atomic E-state index is 0.0348. The molecule has 0 bridgehead atoms. The summed E-state index contributed by atoms with van der Waals surface area (Å²) in [6.45, 7) is 4.47. The largest absolute Gasteiger partial charge is 0.372 e. The van der Waals surface area contributed by atoms with Gasteiger partial charge in [0.2, 0.25) is 5.95 Å². The van der Waals surface area contributed by atoms with Gasteiger partial charge in [0.05, 0.1) is 6.04 Å². The van der Waals surface area contributed by atoms with Crippen molar-refractivity contribution in [3.63, 3.8) is 0 Å². The molecular formula is C31H37N5O. The van der Waals surface area contributed by atoms with E-state index in [0.29, 0.717) is 11.6 Å². The third-order valence-electron chi connectivity index (χ3n) is 7.34. The van der Waals surface area contributed by atoms with Gasteiger partial charge in [-0.1, -0.05) is 62.9 Å². The zero-order valence-electron chi connectivity index (χ0n) is 21.8. The van der Waals surface area contributed by atoms with Crippen LogP contribution in [-0.4, -0.2) is 27.6 Å². The Bertz CT molecular complexity index is 1340. The van der Waals surface area contributed by atoms with Crippen molar-refractivity contribution in [2.75, 3.05) is 23.3 Å². The summed E-state index contributed by atoms with van der Waals surface area (Å²) in [4.78, 5) is 25.1. The van der Waals surface area contributed by atoms with Crippen LogP contribution in [0.1, 0.15) is 69.9 Å². The summed E-state index contributed by atoms with van der Waals surface area (Å²) in [7, 11) is 0. The fraction of sp³-hybridized carbons (Fsp3) is 0.387. The molecule has 2 aromatic heterocycles. The van der Waals surface area contributed by atoms with Crippen molar-refractivity contribution in [3.05, 3.63) is 88.8 Å². The van der Waals surface area contributed by atoms with E-state index >= 15 is 0 Å². The quantitative estimate of drug-likeness (QED) is 0.238. The lowest BCUT2D eigenvalue weighted by Gasteiger charge is -2.28. The maximum atomic E-state index is 13.3. The van der Waals surface area contributed by atoms with E-state index < -0.39 is 0 Å². The van der Waals surface area contributed by atoms with Gasteiger partial charge in [0.15, 0.2) is 0 Å². The van der Waals surface area contributed by atoms with Crippen LogP contribution in [-0.2, 0) is 0 Å². The number of hydrogen-bond donors (Lipinski definition) is 1. The van der Waals surface area contributed by atoms with E-state index in [2.05, 4.69) is 58.5 Å². The summed E-state index contributed by atoms with van der Waals surface area (Å²) in [5.74, 6) is 0.496. The van der Waals surface area contributed by atoms with Crippen molar-refractivity contribution >= 4 is 28.4 Å². The Morgan fingerprint density at radius 2 is 1.68 bits per heavy atom. The molecule has 6 nitrogen and oxygen atoms in total. The van der Waals surface area contributed by atoms with Gasteiger partial charge >= 0.3 is 0 Å². The molecule has 192 valence electrons. The second-order valence-corrected chi connectivity index (χ2v) is 10.0. The van der Waals surface area contributed by atoms with Crippen LogP contribution in [0.5, 0.6) is 0 Å². The molecule has 1 saturated heterocycles. The highest BCUT2D eigenvalue weighted by atomic mass is 16.1. The van der Waals surface area contributed by atoms with Gasteiger partial charge in [0.1, 0.15) is 5.65 Å². The van der Waals surface area contributed by atoms with Crippen LogP contribution in [0, 0.1) is 0 Å². The molecule has 1 N–H and O–H groups in total. The third-order valence-corrected chi connectivity index (χ3v) is 7.34. The first-order valence-corrected chi connectivity index (χ1v) is 13.8. The molecule has 0 amide bonds. The lowest BCUT2D eigenvalue weighted by molar-refractivity contribution is 0.497. The molecule has 3 heterocycles. The molecule has 0 saturated carbocycles. The van der Waals surface area contributed by atoms with Gasteiger partial charge in [0.25, 0.3) is 5.56 Å². The molecular weight excluding hydrogens is 458 g/mol. The van der Waals surface area contributed by atoms with Crippen LogP contribution < -0.4 is 15.8 Å². The van der Waals surface area contributed by atoms with Crippen LogP contribution in [0.2, 0.25) is 0 Å². The van der Waals surface area contributed by atoms with Gasteiger partial charge in [-0.25, -0.2) is 4.98 Å². The maximum Gasteiger partial charge on any atom is 0.252 e. The van der Waals surface area contributed by atoms with Crippen LogP contribution in [0.3, 0.4) is 0 Å². The Hall–Kier alpha value is -3.67. The molecule has 4 aromatic rings. The fourth-order valence-corrected chi connectivity index (χ4v) is 5.32. The van der Waals surface area contributed by atoms with Crippen molar-refractivity contribution in [1.29, 1.82) is 0 Å². The summed E-state index contributed by atoms with van der Waals surface area (Å²) in [5.41, 5.74) is 3.96. The molecule has 2 aromatic carbocycles. The number of rotatable bonds is 10. The second kappa shape index (κ2) is 12.0. The lowest BCUT2D eigenvalue weighted by atomic mass is 9.99. The molecule has 1 aliphatic rings. The van der Waals surface area contributed by atoms with Crippen molar-refractivity contribution in [2.24, 2.45) is 0 Å². The Balaban J connectivity index is 1.45. The average Bonchev–Trinajstić information content (AvgIpc) is 2.95. The Morgan fingerprint density at radius 1 is 0.892 bits per heavy atom. The molecule has 1 atom stereocenters. The predicted molar refractivity (Wildman–Crippen MR) is 153 cm³/mol. The second-order valence-electron chi connectivity index (χ2n) is 10.0. The van der Waals surface area contributed by atoms with Crippen LogP contribution in [0.15, 0.2) is 77.7 Å². The van der Waals surface area contributed by atoms with Gasteiger partial charge in [-0.05, 0) is 61.6 Å². The van der Waals surface area contributed by atoms with E-state index in [9.17, 15) is 4.79 Å². The molecule has 1 fully saturated rings. The zero-order chi connectivity index (χ0) is 25.5. The smallest absolute Gasteiger partial charge is 0.252 e. The number of benzene rings is 2. The van der Waals surface area contributed by atoms with Crippen molar-refractivity contribution in [3.8, 4) is 0 Å². The van der Waals surface area contributed by atoms with Crippen molar-refractivity contribution in [2.45, 2.75) is 64.3 Å². The molecule has 0 radical (unpaired) electrons. The molecule has 1 unspecified atom stereocenters. The summed E-state index contributed by atoms with van der Waals surface area (Å²) in [5, 5.41) is 4.22. The molecule has 0 aliphatic carbocycles. The fourth-order valence-electron chi connectivity index (χ4n) is 5.32. The maximum absolute atomic E-state index is 13.3. The summed E-state index contributed by atoms with van der Waals surface area (Å²) < 4.78 is 1.86. The van der Waals surface area contributed by atoms with E-state index in [1.807, 2.05) is 35.0 Å². The van der Waals surface area contributed by atoms with E-state index in [4.69, 9.17) is 4.98 Å². The highest BCUT2D eigenvalue weighted by Gasteiger charge is 2.19. The third kappa shape index (κ3) is 6.01. The molecule has 1 aliphatic heterocycles. The molecule has 5 rings (SSSR count). The minimum Gasteiger partial charge on any atom is -0.372 e. The molecule has 6 heteroatoms. The van der Waals surface area contributed by atoms with Gasteiger partial charge in [-0.2, -0.15) is 4.98 Å². The first-order chi connectivity index (χ1) is 18.2. The van der Waals surface area contributed by atoms with E-state index in [-0.39, 0.29) is 11.6 Å². The van der Waals surface area contributed by atoms with E-state index in [1.54, 1.807) is 6.07 Å². The molecule has 37 heavy (non-hydrogen) atoms. The van der Waals surface area contributed by atoms with Crippen LogP contribution in [0.25, 0.3) is 11.0 Å². The molecule has 0 spiro atoms. The number of anilines is 3. The van der Waals surface area contributed by atoms with Gasteiger partial charge in [-0.15, -0.1) is 0 Å². The number of aromatic nitrogens is 3. The number of hydrogen-bond acceptors (Lipinski definition) is 5. The number of piperidine rings is 1. The number of unbranched alkanes of at least 4 members (excludes halogenated alkanes) is 3. The monoisotopic (exact) mass is 495 g/mol. The van der Waals surface area contributed by atoms with Gasteiger partial charge in [-0.3, -0.25) is 9.36 Å². The normalized spacial score (nSPS) is 14.6. The summed E-state index contributed by atoms with van der Waals surface area (Å²) in [6, 6.07) is 22.2. The van der Waals surface area contributed by atoms with Crippen molar-refractivity contribution in [1.82, 2.24) is 14.5 Å².